The molecule has 0 saturated carbocycles. The molecular weight excluding hydrogens is 400 g/mol. The van der Waals surface area contributed by atoms with Crippen molar-refractivity contribution < 1.29 is 4.79 Å². The number of benzene rings is 2. The lowest BCUT2D eigenvalue weighted by atomic mass is 10.1. The summed E-state index contributed by atoms with van der Waals surface area (Å²) in [6.07, 6.45) is 1.33. The van der Waals surface area contributed by atoms with Crippen molar-refractivity contribution in [3.8, 4) is 0 Å². The van der Waals surface area contributed by atoms with Gasteiger partial charge in [-0.05, 0) is 49.6 Å². The lowest BCUT2D eigenvalue weighted by molar-refractivity contribution is -0.124. The molecule has 0 spiro atoms. The Morgan fingerprint density at radius 2 is 1.90 bits per heavy atom. The largest absolute Gasteiger partial charge is 0.354 e. The van der Waals surface area contributed by atoms with Crippen molar-refractivity contribution in [2.75, 3.05) is 6.54 Å². The topological polar surface area (TPSA) is 68.4 Å². The first-order valence-electron chi connectivity index (χ1n) is 10.0. The predicted molar refractivity (Wildman–Crippen MR) is 119 cm³/mol. The molecule has 154 valence electrons. The molecule has 4 rings (SSSR count). The second-order valence-corrected chi connectivity index (χ2v) is 7.76. The number of hydrogen-bond donors (Lipinski definition) is 1. The molecule has 1 atom stereocenters. The Bertz CT molecular complexity index is 1270. The number of amides is 1. The fraction of sp³-hybridized carbons (Fsp3) is 0.261. The van der Waals surface area contributed by atoms with E-state index in [2.05, 4.69) is 10.3 Å². The normalized spacial score (nSPS) is 12.4. The predicted octanol–water partition coefficient (Wildman–Crippen LogP) is 3.92. The van der Waals surface area contributed by atoms with Crippen molar-refractivity contribution in [2.24, 2.45) is 0 Å². The fourth-order valence-corrected chi connectivity index (χ4v) is 4.01. The highest BCUT2D eigenvalue weighted by molar-refractivity contribution is 6.30. The number of aromatic nitrogens is 3. The summed E-state index contributed by atoms with van der Waals surface area (Å²) in [6.45, 7) is 4.37. The minimum Gasteiger partial charge on any atom is -0.354 e. The highest BCUT2D eigenvalue weighted by atomic mass is 35.5. The van der Waals surface area contributed by atoms with Crippen LogP contribution in [0.2, 0.25) is 5.02 Å². The molecule has 0 fully saturated rings. The number of para-hydroxylation sites is 1. The molecule has 1 N–H and O–H groups in total. The van der Waals surface area contributed by atoms with Gasteiger partial charge in [-0.25, -0.2) is 4.52 Å². The molecule has 4 aromatic rings. The van der Waals surface area contributed by atoms with E-state index in [0.717, 1.165) is 28.6 Å². The zero-order chi connectivity index (χ0) is 21.3. The first-order valence-corrected chi connectivity index (χ1v) is 10.4. The van der Waals surface area contributed by atoms with Crippen molar-refractivity contribution in [2.45, 2.75) is 32.7 Å². The van der Waals surface area contributed by atoms with Crippen molar-refractivity contribution >= 4 is 34.1 Å². The third-order valence-electron chi connectivity index (χ3n) is 5.30. The summed E-state index contributed by atoms with van der Waals surface area (Å²) in [7, 11) is 0. The number of nitrogens with one attached hydrogen (secondary N) is 1. The Morgan fingerprint density at radius 3 is 2.63 bits per heavy atom. The van der Waals surface area contributed by atoms with E-state index in [1.807, 2.05) is 71.6 Å². The van der Waals surface area contributed by atoms with Crippen LogP contribution in [-0.4, -0.2) is 26.6 Å². The molecular formula is C23H23ClN4O2. The average molecular weight is 423 g/mol. The van der Waals surface area contributed by atoms with Crippen molar-refractivity contribution in [1.29, 1.82) is 0 Å². The van der Waals surface area contributed by atoms with E-state index in [4.69, 9.17) is 11.6 Å². The van der Waals surface area contributed by atoms with E-state index in [9.17, 15) is 9.59 Å². The molecule has 0 radical (unpaired) electrons. The zero-order valence-electron chi connectivity index (χ0n) is 16.9. The summed E-state index contributed by atoms with van der Waals surface area (Å²) in [4.78, 5) is 29.4. The van der Waals surface area contributed by atoms with Crippen LogP contribution in [0.15, 0.2) is 59.4 Å². The number of carbonyl (C=O) groups is 1. The summed E-state index contributed by atoms with van der Waals surface area (Å²) in [5.41, 5.74) is 3.02. The Morgan fingerprint density at radius 1 is 1.17 bits per heavy atom. The molecule has 0 bridgehead atoms. The quantitative estimate of drug-likeness (QED) is 0.512. The number of hydrogen-bond acceptors (Lipinski definition) is 3. The third kappa shape index (κ3) is 3.71. The van der Waals surface area contributed by atoms with Gasteiger partial charge >= 0.3 is 0 Å². The fourth-order valence-electron chi connectivity index (χ4n) is 3.88. The van der Waals surface area contributed by atoms with Gasteiger partial charge in [-0.3, -0.25) is 14.3 Å². The first kappa shape index (κ1) is 20.2. The third-order valence-corrected chi connectivity index (χ3v) is 5.55. The molecule has 0 saturated heterocycles. The standard InChI is InChI=1S/C23H23ClN4O2/c1-3-19(23(30)25-13-12-16-8-10-17(24)11-9-16)28-20-7-5-4-6-18(20)22-26-21(29)14-15(2)27(22)28/h4-11,14,19H,3,12-13H2,1-2H3,(H,25,30). The van der Waals surface area contributed by atoms with Gasteiger partial charge in [0.25, 0.3) is 5.56 Å². The number of fused-ring (bicyclic) bond motifs is 3. The minimum atomic E-state index is -0.430. The molecule has 1 unspecified atom stereocenters. The number of rotatable bonds is 6. The van der Waals surface area contributed by atoms with Crippen LogP contribution in [0.25, 0.3) is 16.6 Å². The van der Waals surface area contributed by atoms with Gasteiger partial charge in [0.05, 0.1) is 5.52 Å². The Kier molecular flexibility index (Phi) is 5.59. The summed E-state index contributed by atoms with van der Waals surface area (Å²) in [5.74, 6) is -0.0628. The van der Waals surface area contributed by atoms with E-state index in [-0.39, 0.29) is 11.5 Å². The van der Waals surface area contributed by atoms with E-state index < -0.39 is 6.04 Å². The highest BCUT2D eigenvalue weighted by Crippen LogP contribution is 2.26. The van der Waals surface area contributed by atoms with Gasteiger partial charge in [-0.1, -0.05) is 42.8 Å². The summed E-state index contributed by atoms with van der Waals surface area (Å²) in [6, 6.07) is 16.4. The van der Waals surface area contributed by atoms with Crippen LogP contribution in [0.1, 0.15) is 30.6 Å². The molecule has 2 heterocycles. The molecule has 0 aliphatic carbocycles. The SMILES string of the molecule is CCC(C(=O)NCCc1ccc(Cl)cc1)n1c2ccccc2c2nc(=O)cc(C)n21. The highest BCUT2D eigenvalue weighted by Gasteiger charge is 2.24. The number of aryl methyl sites for hydroxylation is 1. The average Bonchev–Trinajstić information content (AvgIpc) is 3.05. The number of carbonyl (C=O) groups excluding carboxylic acids is 1. The maximum absolute atomic E-state index is 13.1. The number of halogens is 1. The lowest BCUT2D eigenvalue weighted by Gasteiger charge is -2.20. The molecule has 7 heteroatoms. The van der Waals surface area contributed by atoms with Gasteiger partial charge in [-0.15, -0.1) is 0 Å². The summed E-state index contributed by atoms with van der Waals surface area (Å²) >= 11 is 5.93. The monoisotopic (exact) mass is 422 g/mol. The van der Waals surface area contributed by atoms with E-state index >= 15 is 0 Å². The molecule has 1 amide bonds. The molecule has 0 aliphatic rings. The maximum atomic E-state index is 13.1. The van der Waals surface area contributed by atoms with Gasteiger partial charge < -0.3 is 5.32 Å². The van der Waals surface area contributed by atoms with Crippen LogP contribution < -0.4 is 10.9 Å². The van der Waals surface area contributed by atoms with E-state index in [1.54, 1.807) is 0 Å². The van der Waals surface area contributed by atoms with Gasteiger partial charge in [0.2, 0.25) is 5.91 Å². The lowest BCUT2D eigenvalue weighted by Crippen LogP contribution is -2.35. The molecule has 2 aromatic carbocycles. The molecule has 2 aromatic heterocycles. The van der Waals surface area contributed by atoms with E-state index in [1.165, 1.54) is 6.07 Å². The Labute approximate surface area is 179 Å². The summed E-state index contributed by atoms with van der Waals surface area (Å²) in [5, 5.41) is 4.61. The van der Waals surface area contributed by atoms with Crippen LogP contribution >= 0.6 is 11.6 Å². The first-order chi connectivity index (χ1) is 14.5. The maximum Gasteiger partial charge on any atom is 0.273 e. The van der Waals surface area contributed by atoms with Gasteiger partial charge in [-0.2, -0.15) is 4.98 Å². The van der Waals surface area contributed by atoms with Crippen molar-refractivity contribution in [1.82, 2.24) is 19.5 Å². The molecule has 6 nitrogen and oxygen atoms in total. The molecule has 0 aliphatic heterocycles. The minimum absolute atomic E-state index is 0.0628. The Balaban J connectivity index is 1.67. The summed E-state index contributed by atoms with van der Waals surface area (Å²) < 4.78 is 3.82. The van der Waals surface area contributed by atoms with Crippen LogP contribution in [0.3, 0.4) is 0 Å². The second-order valence-electron chi connectivity index (χ2n) is 7.32. The smallest absolute Gasteiger partial charge is 0.273 e. The zero-order valence-corrected chi connectivity index (χ0v) is 17.7. The van der Waals surface area contributed by atoms with Crippen LogP contribution in [-0.2, 0) is 11.2 Å². The van der Waals surface area contributed by atoms with Gasteiger partial charge in [0, 0.05) is 28.7 Å². The van der Waals surface area contributed by atoms with Gasteiger partial charge in [0.1, 0.15) is 6.04 Å². The van der Waals surface area contributed by atoms with E-state index in [0.29, 0.717) is 23.6 Å². The van der Waals surface area contributed by atoms with Gasteiger partial charge in [0.15, 0.2) is 5.65 Å². The molecule has 30 heavy (non-hydrogen) atoms. The van der Waals surface area contributed by atoms with Crippen LogP contribution in [0, 0.1) is 6.92 Å². The Hall–Kier alpha value is -3.12. The van der Waals surface area contributed by atoms with Crippen molar-refractivity contribution in [3.63, 3.8) is 0 Å². The second kappa shape index (κ2) is 8.32. The number of nitrogens with zero attached hydrogens (tertiary/aromatic N) is 3. The van der Waals surface area contributed by atoms with Crippen LogP contribution in [0.4, 0.5) is 0 Å². The van der Waals surface area contributed by atoms with Crippen LogP contribution in [0.5, 0.6) is 0 Å². The van der Waals surface area contributed by atoms with Crippen molar-refractivity contribution in [3.05, 3.63) is 81.2 Å².